The number of carbonyl (C=O) groups is 1. The lowest BCUT2D eigenvalue weighted by atomic mass is 10.0. The molecule has 26 heavy (non-hydrogen) atoms. The standard InChI is InChI=1S/C22H24N2O2/c1-17(2)24(19-12-7-4-8-13-19)21(25)16-23-22(20-14-9-15-26-20)18-10-5-3-6-11-18/h3-15,17,22-23H,16H2,1-2H3/p+1/t22-/m1/s1. The Kier molecular flexibility index (Phi) is 5.87. The molecule has 1 amide bonds. The average Bonchev–Trinajstić information content (AvgIpc) is 3.18. The van der Waals surface area contributed by atoms with Gasteiger partial charge in [-0.15, -0.1) is 0 Å². The summed E-state index contributed by atoms with van der Waals surface area (Å²) in [4.78, 5) is 14.8. The molecule has 0 spiro atoms. The lowest BCUT2D eigenvalue weighted by Crippen LogP contribution is -2.88. The van der Waals surface area contributed by atoms with Crippen molar-refractivity contribution in [3.63, 3.8) is 0 Å². The van der Waals surface area contributed by atoms with Crippen LogP contribution in [0.25, 0.3) is 0 Å². The van der Waals surface area contributed by atoms with E-state index in [2.05, 4.69) is 12.1 Å². The average molecular weight is 349 g/mol. The third-order valence-electron chi connectivity index (χ3n) is 4.36. The van der Waals surface area contributed by atoms with Crippen LogP contribution in [0, 0.1) is 0 Å². The zero-order chi connectivity index (χ0) is 18.4. The number of furan rings is 1. The summed E-state index contributed by atoms with van der Waals surface area (Å²) in [5, 5.41) is 2.04. The molecule has 1 heterocycles. The van der Waals surface area contributed by atoms with Gasteiger partial charge in [-0.3, -0.25) is 4.79 Å². The maximum Gasteiger partial charge on any atom is 0.282 e. The number of nitrogens with zero attached hydrogens (tertiary/aromatic N) is 1. The molecule has 0 radical (unpaired) electrons. The molecule has 3 rings (SSSR count). The lowest BCUT2D eigenvalue weighted by Gasteiger charge is -2.26. The molecular weight excluding hydrogens is 324 g/mol. The van der Waals surface area contributed by atoms with Crippen molar-refractivity contribution >= 4 is 11.6 Å². The zero-order valence-corrected chi connectivity index (χ0v) is 15.2. The smallest absolute Gasteiger partial charge is 0.282 e. The maximum absolute atomic E-state index is 13.0. The number of hydrogen-bond acceptors (Lipinski definition) is 2. The second-order valence-corrected chi connectivity index (χ2v) is 6.54. The van der Waals surface area contributed by atoms with Crippen molar-refractivity contribution in [3.05, 3.63) is 90.4 Å². The predicted octanol–water partition coefficient (Wildman–Crippen LogP) is 3.37. The first-order chi connectivity index (χ1) is 12.7. The SMILES string of the molecule is CC(C)N(C(=O)C[NH2+][C@H](c1ccccc1)c1ccco1)c1ccccc1. The number of nitrogens with two attached hydrogens (primary N) is 1. The van der Waals surface area contributed by atoms with Crippen LogP contribution in [-0.4, -0.2) is 18.5 Å². The Labute approximate surface area is 154 Å². The Morgan fingerprint density at radius 1 is 0.962 bits per heavy atom. The third kappa shape index (κ3) is 4.21. The van der Waals surface area contributed by atoms with Gasteiger partial charge in [0, 0.05) is 17.3 Å². The first-order valence-electron chi connectivity index (χ1n) is 8.95. The maximum atomic E-state index is 13.0. The summed E-state index contributed by atoms with van der Waals surface area (Å²) in [5.41, 5.74) is 2.04. The van der Waals surface area contributed by atoms with Crippen LogP contribution in [0.5, 0.6) is 0 Å². The first kappa shape index (κ1) is 18.0. The van der Waals surface area contributed by atoms with Gasteiger partial charge in [0.05, 0.1) is 6.26 Å². The summed E-state index contributed by atoms with van der Waals surface area (Å²) in [6.07, 6.45) is 1.67. The van der Waals surface area contributed by atoms with Crippen LogP contribution in [-0.2, 0) is 4.79 Å². The molecule has 0 fully saturated rings. The van der Waals surface area contributed by atoms with E-state index in [0.29, 0.717) is 6.54 Å². The fraction of sp³-hybridized carbons (Fsp3) is 0.227. The molecular formula is C22H25N2O2+. The number of carbonyl (C=O) groups excluding carboxylic acids is 1. The molecule has 1 aromatic heterocycles. The summed E-state index contributed by atoms with van der Waals surface area (Å²) in [6, 6.07) is 23.8. The van der Waals surface area contributed by atoms with Gasteiger partial charge in [-0.25, -0.2) is 0 Å². The number of quaternary nitrogens is 1. The first-order valence-corrected chi connectivity index (χ1v) is 8.95. The molecule has 4 heteroatoms. The molecule has 134 valence electrons. The minimum atomic E-state index is -0.0417. The highest BCUT2D eigenvalue weighted by atomic mass is 16.3. The summed E-state index contributed by atoms with van der Waals surface area (Å²) in [7, 11) is 0. The number of anilines is 1. The second-order valence-electron chi connectivity index (χ2n) is 6.54. The Bertz CT molecular complexity index is 799. The monoisotopic (exact) mass is 349 g/mol. The largest absolute Gasteiger partial charge is 0.463 e. The topological polar surface area (TPSA) is 50.1 Å². The summed E-state index contributed by atoms with van der Waals surface area (Å²) < 4.78 is 5.62. The number of benzene rings is 2. The molecule has 3 aromatic rings. The van der Waals surface area contributed by atoms with Gasteiger partial charge in [0.1, 0.15) is 0 Å². The van der Waals surface area contributed by atoms with Crippen LogP contribution >= 0.6 is 0 Å². The second kappa shape index (κ2) is 8.50. The van der Waals surface area contributed by atoms with E-state index < -0.39 is 0 Å². The Balaban J connectivity index is 1.77. The molecule has 0 bridgehead atoms. The van der Waals surface area contributed by atoms with Crippen molar-refractivity contribution in [3.8, 4) is 0 Å². The van der Waals surface area contributed by atoms with Gasteiger partial charge in [-0.1, -0.05) is 48.5 Å². The van der Waals surface area contributed by atoms with E-state index in [-0.39, 0.29) is 18.0 Å². The molecule has 0 aliphatic carbocycles. The molecule has 2 N–H and O–H groups in total. The fourth-order valence-electron chi connectivity index (χ4n) is 3.18. The Hall–Kier alpha value is -2.85. The van der Waals surface area contributed by atoms with Gasteiger partial charge in [-0.2, -0.15) is 0 Å². The van der Waals surface area contributed by atoms with E-state index in [1.807, 2.05) is 84.7 Å². The molecule has 2 aromatic carbocycles. The number of para-hydroxylation sites is 1. The highest BCUT2D eigenvalue weighted by molar-refractivity contribution is 5.94. The molecule has 0 aliphatic heterocycles. The highest BCUT2D eigenvalue weighted by Gasteiger charge is 2.25. The molecule has 0 unspecified atom stereocenters. The quantitative estimate of drug-likeness (QED) is 0.711. The van der Waals surface area contributed by atoms with Crippen LogP contribution < -0.4 is 10.2 Å². The predicted molar refractivity (Wildman–Crippen MR) is 103 cm³/mol. The van der Waals surface area contributed by atoms with E-state index in [0.717, 1.165) is 17.0 Å². The van der Waals surface area contributed by atoms with Gasteiger partial charge in [0.2, 0.25) is 0 Å². The van der Waals surface area contributed by atoms with E-state index in [1.54, 1.807) is 6.26 Å². The Morgan fingerprint density at radius 3 is 2.19 bits per heavy atom. The van der Waals surface area contributed by atoms with Gasteiger partial charge in [0.15, 0.2) is 18.3 Å². The van der Waals surface area contributed by atoms with Crippen molar-refractivity contribution < 1.29 is 14.5 Å². The van der Waals surface area contributed by atoms with E-state index in [1.165, 1.54) is 0 Å². The minimum absolute atomic E-state index is 0.0417. The van der Waals surface area contributed by atoms with Crippen molar-refractivity contribution in [1.82, 2.24) is 0 Å². The van der Waals surface area contributed by atoms with Gasteiger partial charge >= 0.3 is 0 Å². The van der Waals surface area contributed by atoms with Gasteiger partial charge in [-0.05, 0) is 38.1 Å². The van der Waals surface area contributed by atoms with Crippen molar-refractivity contribution in [1.29, 1.82) is 0 Å². The third-order valence-corrected chi connectivity index (χ3v) is 4.36. The summed E-state index contributed by atoms with van der Waals surface area (Å²) >= 11 is 0. The number of rotatable bonds is 7. The van der Waals surface area contributed by atoms with Crippen LogP contribution in [0.15, 0.2) is 83.5 Å². The van der Waals surface area contributed by atoms with Gasteiger partial charge < -0.3 is 14.6 Å². The fourth-order valence-corrected chi connectivity index (χ4v) is 3.18. The van der Waals surface area contributed by atoms with Crippen molar-refractivity contribution in [2.45, 2.75) is 25.9 Å². The molecule has 0 saturated heterocycles. The normalized spacial score (nSPS) is 12.1. The summed E-state index contributed by atoms with van der Waals surface area (Å²) in [6.45, 7) is 4.41. The number of amides is 1. The Morgan fingerprint density at radius 2 is 1.62 bits per heavy atom. The minimum Gasteiger partial charge on any atom is -0.463 e. The van der Waals surface area contributed by atoms with E-state index >= 15 is 0 Å². The van der Waals surface area contributed by atoms with Gasteiger partial charge in [0.25, 0.3) is 5.91 Å². The van der Waals surface area contributed by atoms with Crippen molar-refractivity contribution in [2.75, 3.05) is 11.4 Å². The highest BCUT2D eigenvalue weighted by Crippen LogP contribution is 2.19. The summed E-state index contributed by atoms with van der Waals surface area (Å²) in [5.74, 6) is 0.929. The van der Waals surface area contributed by atoms with E-state index in [4.69, 9.17) is 4.42 Å². The zero-order valence-electron chi connectivity index (χ0n) is 15.2. The molecule has 0 aliphatic rings. The van der Waals surface area contributed by atoms with Crippen molar-refractivity contribution in [2.24, 2.45) is 0 Å². The number of hydrogen-bond donors (Lipinski definition) is 1. The molecule has 1 atom stereocenters. The van der Waals surface area contributed by atoms with E-state index in [9.17, 15) is 4.79 Å². The molecule has 4 nitrogen and oxygen atoms in total. The van der Waals surface area contributed by atoms with Crippen LogP contribution in [0.3, 0.4) is 0 Å². The van der Waals surface area contributed by atoms with Crippen LogP contribution in [0.1, 0.15) is 31.2 Å². The molecule has 0 saturated carbocycles. The lowest BCUT2D eigenvalue weighted by molar-refractivity contribution is -0.678. The van der Waals surface area contributed by atoms with Crippen LogP contribution in [0.2, 0.25) is 0 Å². The van der Waals surface area contributed by atoms with Crippen LogP contribution in [0.4, 0.5) is 5.69 Å².